The largest absolute Gasteiger partial charge is 0.379 e. The average Bonchev–Trinajstić information content (AvgIpc) is 2.87. The van der Waals surface area contributed by atoms with E-state index in [-0.39, 0.29) is 18.1 Å². The van der Waals surface area contributed by atoms with Crippen LogP contribution in [0.5, 0.6) is 0 Å². The molecule has 0 N–H and O–H groups in total. The second kappa shape index (κ2) is 6.70. The minimum absolute atomic E-state index is 0.0445. The van der Waals surface area contributed by atoms with E-state index in [2.05, 4.69) is 16.9 Å². The minimum atomic E-state index is -0.0445. The zero-order valence-electron chi connectivity index (χ0n) is 15.4. The van der Waals surface area contributed by atoms with Gasteiger partial charge in [0.15, 0.2) is 0 Å². The number of hydrogen-bond acceptors (Lipinski definition) is 5. The third-order valence-electron chi connectivity index (χ3n) is 5.56. The van der Waals surface area contributed by atoms with Crippen LogP contribution in [0.25, 0.3) is 0 Å². The van der Waals surface area contributed by atoms with E-state index >= 15 is 0 Å². The number of hydrogen-bond donors (Lipinski definition) is 0. The number of amides is 1. The van der Waals surface area contributed by atoms with Crippen molar-refractivity contribution in [1.29, 1.82) is 0 Å². The van der Waals surface area contributed by atoms with Crippen molar-refractivity contribution in [2.24, 2.45) is 13.0 Å². The number of morpholine rings is 1. The quantitative estimate of drug-likeness (QED) is 0.810. The molecular weight excluding hydrogens is 320 g/mol. The van der Waals surface area contributed by atoms with Gasteiger partial charge in [0.05, 0.1) is 31.1 Å². The van der Waals surface area contributed by atoms with Crippen molar-refractivity contribution >= 4 is 5.91 Å². The summed E-state index contributed by atoms with van der Waals surface area (Å²) >= 11 is 0. The summed E-state index contributed by atoms with van der Waals surface area (Å²) in [4.78, 5) is 17.4. The van der Waals surface area contributed by atoms with Gasteiger partial charge in [-0.15, -0.1) is 0 Å². The average molecular weight is 348 g/mol. The van der Waals surface area contributed by atoms with Crippen LogP contribution in [0, 0.1) is 5.92 Å². The summed E-state index contributed by atoms with van der Waals surface area (Å²) in [5, 5.41) is 4.56. The molecule has 2 fully saturated rings. The van der Waals surface area contributed by atoms with Gasteiger partial charge < -0.3 is 14.4 Å². The van der Waals surface area contributed by atoms with Gasteiger partial charge in [-0.05, 0) is 13.8 Å². The summed E-state index contributed by atoms with van der Waals surface area (Å²) in [6.45, 7) is 10.5. The van der Waals surface area contributed by atoms with E-state index in [1.807, 2.05) is 18.9 Å². The first-order valence-corrected chi connectivity index (χ1v) is 9.33. The van der Waals surface area contributed by atoms with E-state index in [4.69, 9.17) is 9.47 Å². The molecule has 1 amide bonds. The Kier molecular flexibility index (Phi) is 4.56. The van der Waals surface area contributed by atoms with E-state index in [9.17, 15) is 4.79 Å². The lowest BCUT2D eigenvalue weighted by Gasteiger charge is -2.42. The zero-order valence-corrected chi connectivity index (χ0v) is 15.4. The fraction of sp³-hybridized carbons (Fsp3) is 0.778. The summed E-state index contributed by atoms with van der Waals surface area (Å²) in [6.07, 6.45) is 0.847. The molecule has 2 atom stereocenters. The molecule has 0 aliphatic carbocycles. The fourth-order valence-corrected chi connectivity index (χ4v) is 4.28. The molecule has 7 nitrogen and oxygen atoms in total. The Morgan fingerprint density at radius 2 is 1.96 bits per heavy atom. The van der Waals surface area contributed by atoms with Gasteiger partial charge in [-0.3, -0.25) is 14.4 Å². The van der Waals surface area contributed by atoms with E-state index < -0.39 is 0 Å². The van der Waals surface area contributed by atoms with Crippen LogP contribution in [0.4, 0.5) is 0 Å². The number of nitrogens with zero attached hydrogens (tertiary/aromatic N) is 4. The van der Waals surface area contributed by atoms with Crippen LogP contribution >= 0.6 is 0 Å². The Labute approximate surface area is 148 Å². The molecule has 0 spiro atoms. The highest BCUT2D eigenvalue weighted by atomic mass is 16.5. The first-order valence-electron chi connectivity index (χ1n) is 9.33. The highest BCUT2D eigenvalue weighted by molar-refractivity contribution is 5.95. The number of likely N-dealkylation sites (tertiary alicyclic amines) is 1. The van der Waals surface area contributed by atoms with Gasteiger partial charge in [0.25, 0.3) is 5.91 Å². The molecule has 1 aromatic rings. The van der Waals surface area contributed by atoms with Crippen LogP contribution in [0.1, 0.15) is 41.7 Å². The summed E-state index contributed by atoms with van der Waals surface area (Å²) in [5.74, 6) is 0.697. The van der Waals surface area contributed by atoms with Crippen molar-refractivity contribution in [3.8, 4) is 0 Å². The number of carbonyl (C=O) groups is 1. The van der Waals surface area contributed by atoms with Crippen LogP contribution in [-0.4, -0.2) is 77.5 Å². The van der Waals surface area contributed by atoms with Crippen LogP contribution in [-0.2, 0) is 22.9 Å². The summed E-state index contributed by atoms with van der Waals surface area (Å²) in [7, 11) is 1.87. The van der Waals surface area contributed by atoms with E-state index in [1.165, 1.54) is 0 Å². The van der Waals surface area contributed by atoms with Crippen LogP contribution in [0.15, 0.2) is 0 Å². The molecule has 0 unspecified atom stereocenters. The van der Waals surface area contributed by atoms with Crippen molar-refractivity contribution in [2.45, 2.75) is 32.5 Å². The molecule has 7 heteroatoms. The SMILES string of the molecule is C[C@@H]1Cc2c(nn(C)c2C(=O)N2CC(CN3CCOCC3)C2)[C@H](C)O1. The molecule has 4 rings (SSSR count). The second-order valence-corrected chi connectivity index (χ2v) is 7.62. The Morgan fingerprint density at radius 1 is 1.24 bits per heavy atom. The molecule has 2 saturated heterocycles. The van der Waals surface area contributed by atoms with Gasteiger partial charge in [0.1, 0.15) is 5.69 Å². The van der Waals surface area contributed by atoms with Crippen molar-refractivity contribution in [1.82, 2.24) is 19.6 Å². The van der Waals surface area contributed by atoms with Crippen LogP contribution < -0.4 is 0 Å². The molecule has 138 valence electrons. The lowest BCUT2D eigenvalue weighted by molar-refractivity contribution is -0.00736. The second-order valence-electron chi connectivity index (χ2n) is 7.62. The number of fused-ring (bicyclic) bond motifs is 1. The van der Waals surface area contributed by atoms with Gasteiger partial charge in [-0.2, -0.15) is 5.10 Å². The zero-order chi connectivity index (χ0) is 17.6. The molecule has 0 radical (unpaired) electrons. The Morgan fingerprint density at radius 3 is 2.68 bits per heavy atom. The molecule has 0 saturated carbocycles. The van der Waals surface area contributed by atoms with Gasteiger partial charge in [0, 0.05) is 57.7 Å². The predicted octanol–water partition coefficient (Wildman–Crippen LogP) is 0.847. The van der Waals surface area contributed by atoms with E-state index in [1.54, 1.807) is 4.68 Å². The van der Waals surface area contributed by atoms with Crippen LogP contribution in [0.3, 0.4) is 0 Å². The highest BCUT2D eigenvalue weighted by Gasteiger charge is 2.37. The number of ether oxygens (including phenoxy) is 2. The maximum Gasteiger partial charge on any atom is 0.272 e. The maximum atomic E-state index is 13.0. The van der Waals surface area contributed by atoms with Crippen molar-refractivity contribution in [2.75, 3.05) is 45.9 Å². The fourth-order valence-electron chi connectivity index (χ4n) is 4.28. The lowest BCUT2D eigenvalue weighted by Crippen LogP contribution is -2.55. The molecule has 1 aromatic heterocycles. The van der Waals surface area contributed by atoms with Gasteiger partial charge in [-0.25, -0.2) is 0 Å². The Balaban J connectivity index is 1.41. The van der Waals surface area contributed by atoms with Crippen LogP contribution in [0.2, 0.25) is 0 Å². The summed E-state index contributed by atoms with van der Waals surface area (Å²) in [6, 6.07) is 0. The molecule has 25 heavy (non-hydrogen) atoms. The number of aryl methyl sites for hydroxylation is 1. The summed E-state index contributed by atoms with van der Waals surface area (Å²) in [5.41, 5.74) is 2.76. The van der Waals surface area contributed by atoms with Crippen molar-refractivity contribution in [3.05, 3.63) is 17.0 Å². The minimum Gasteiger partial charge on any atom is -0.379 e. The van der Waals surface area contributed by atoms with Crippen molar-refractivity contribution < 1.29 is 14.3 Å². The molecular formula is C18H28N4O3. The van der Waals surface area contributed by atoms with Gasteiger partial charge in [0.2, 0.25) is 0 Å². The normalized spacial score (nSPS) is 27.9. The van der Waals surface area contributed by atoms with Gasteiger partial charge >= 0.3 is 0 Å². The number of aromatic nitrogens is 2. The topological polar surface area (TPSA) is 59.8 Å². The molecule has 4 heterocycles. The molecule has 3 aliphatic heterocycles. The third-order valence-corrected chi connectivity index (χ3v) is 5.56. The summed E-state index contributed by atoms with van der Waals surface area (Å²) < 4.78 is 13.0. The molecule has 0 bridgehead atoms. The number of rotatable bonds is 3. The van der Waals surface area contributed by atoms with E-state index in [0.29, 0.717) is 5.92 Å². The lowest BCUT2D eigenvalue weighted by atomic mass is 9.95. The standard InChI is InChI=1S/C18H28N4O3/c1-12-8-15-16(13(2)25-12)19-20(3)17(15)18(23)22-10-14(11-22)9-21-4-6-24-7-5-21/h12-14H,4-11H2,1-3H3/t12-,13+/m1/s1. The predicted molar refractivity (Wildman–Crippen MR) is 92.5 cm³/mol. The first-order chi connectivity index (χ1) is 12.0. The Bertz CT molecular complexity index is 647. The van der Waals surface area contributed by atoms with Crippen molar-refractivity contribution in [3.63, 3.8) is 0 Å². The maximum absolute atomic E-state index is 13.0. The monoisotopic (exact) mass is 348 g/mol. The first kappa shape index (κ1) is 17.0. The Hall–Kier alpha value is -1.44. The highest BCUT2D eigenvalue weighted by Crippen LogP contribution is 2.32. The van der Waals surface area contributed by atoms with E-state index in [0.717, 1.165) is 69.3 Å². The molecule has 3 aliphatic rings. The smallest absolute Gasteiger partial charge is 0.272 e. The molecule has 0 aromatic carbocycles. The third kappa shape index (κ3) is 3.20. The number of carbonyl (C=O) groups excluding carboxylic acids is 1. The van der Waals surface area contributed by atoms with Gasteiger partial charge in [-0.1, -0.05) is 0 Å².